The number of hydrogen-bond acceptors (Lipinski definition) is 9. The largest absolute Gasteiger partial charge is 0.354 e. The molecule has 1 N–H and O–H groups in total. The number of aromatic nitrogens is 6. The van der Waals surface area contributed by atoms with Crippen LogP contribution in [0.3, 0.4) is 0 Å². The highest BCUT2D eigenvalue weighted by molar-refractivity contribution is 7.13. The van der Waals surface area contributed by atoms with Gasteiger partial charge >= 0.3 is 0 Å². The molecule has 1 fully saturated rings. The van der Waals surface area contributed by atoms with Crippen LogP contribution >= 0.6 is 11.3 Å². The van der Waals surface area contributed by atoms with E-state index >= 15 is 0 Å². The lowest BCUT2D eigenvalue weighted by molar-refractivity contribution is -0.120. The first kappa shape index (κ1) is 18.4. The minimum absolute atomic E-state index is 0.0826. The molecular weight excluding hydrogens is 404 g/mol. The SMILES string of the molecule is O=C(Nc1cc(-c2cccs2)no1)C1CCCN(c2ccc(-n3cncn3)nn2)C1. The lowest BCUT2D eigenvalue weighted by atomic mass is 9.97. The molecule has 10 nitrogen and oxygen atoms in total. The van der Waals surface area contributed by atoms with E-state index in [4.69, 9.17) is 4.52 Å². The summed E-state index contributed by atoms with van der Waals surface area (Å²) >= 11 is 1.57. The normalized spacial score (nSPS) is 16.5. The maximum Gasteiger partial charge on any atom is 0.231 e. The van der Waals surface area contributed by atoms with E-state index in [-0.39, 0.29) is 11.8 Å². The molecule has 0 radical (unpaired) electrons. The fraction of sp³-hybridized carbons (Fsp3) is 0.263. The van der Waals surface area contributed by atoms with Gasteiger partial charge in [-0.2, -0.15) is 5.10 Å². The molecule has 1 amide bonds. The van der Waals surface area contributed by atoms with Crippen LogP contribution in [-0.2, 0) is 4.79 Å². The van der Waals surface area contributed by atoms with Crippen LogP contribution in [0, 0.1) is 5.92 Å². The Balaban J connectivity index is 1.23. The molecule has 1 unspecified atom stereocenters. The van der Waals surface area contributed by atoms with Gasteiger partial charge in [-0.05, 0) is 36.4 Å². The second-order valence-electron chi connectivity index (χ2n) is 6.92. The Kier molecular flexibility index (Phi) is 4.93. The monoisotopic (exact) mass is 422 g/mol. The van der Waals surface area contributed by atoms with E-state index in [0.29, 0.717) is 23.9 Å². The van der Waals surface area contributed by atoms with Gasteiger partial charge in [0.25, 0.3) is 0 Å². The van der Waals surface area contributed by atoms with E-state index in [9.17, 15) is 4.79 Å². The molecule has 0 bridgehead atoms. The van der Waals surface area contributed by atoms with Crippen molar-refractivity contribution in [1.29, 1.82) is 0 Å². The number of carbonyl (C=O) groups excluding carboxylic acids is 1. The van der Waals surface area contributed by atoms with Crippen molar-refractivity contribution in [3.63, 3.8) is 0 Å². The predicted octanol–water partition coefficient (Wildman–Crippen LogP) is 2.63. The molecule has 1 aliphatic heterocycles. The van der Waals surface area contributed by atoms with Crippen molar-refractivity contribution in [2.45, 2.75) is 12.8 Å². The summed E-state index contributed by atoms with van der Waals surface area (Å²) in [6.07, 6.45) is 4.71. The quantitative estimate of drug-likeness (QED) is 0.522. The standard InChI is InChI=1S/C19H18N8O2S/c28-19(22-18-9-14(25-29-18)15-4-2-8-30-15)13-3-1-7-26(10-13)16-5-6-17(24-23-16)27-12-20-11-21-27/h2,4-6,8-9,11-13H,1,3,7,10H2,(H,22,28). The highest BCUT2D eigenvalue weighted by atomic mass is 32.1. The molecule has 5 heterocycles. The van der Waals surface area contributed by atoms with Crippen molar-refractivity contribution in [3.05, 3.63) is 48.4 Å². The van der Waals surface area contributed by atoms with E-state index in [1.807, 2.05) is 29.6 Å². The van der Waals surface area contributed by atoms with Gasteiger partial charge in [-0.25, -0.2) is 9.67 Å². The van der Waals surface area contributed by atoms with Crippen LogP contribution in [0.1, 0.15) is 12.8 Å². The van der Waals surface area contributed by atoms with Gasteiger partial charge < -0.3 is 9.42 Å². The maximum absolute atomic E-state index is 12.8. The third-order valence-electron chi connectivity index (χ3n) is 4.94. The first-order valence-corrected chi connectivity index (χ1v) is 10.4. The number of rotatable bonds is 5. The molecule has 11 heteroatoms. The molecule has 4 aromatic heterocycles. The summed E-state index contributed by atoms with van der Waals surface area (Å²) in [5.74, 6) is 1.43. The van der Waals surface area contributed by atoms with Crippen molar-refractivity contribution < 1.29 is 9.32 Å². The predicted molar refractivity (Wildman–Crippen MR) is 110 cm³/mol. The third kappa shape index (κ3) is 3.79. The number of hydrogen-bond donors (Lipinski definition) is 1. The number of nitrogens with one attached hydrogen (secondary N) is 1. The molecule has 152 valence electrons. The molecule has 1 atom stereocenters. The van der Waals surface area contributed by atoms with Gasteiger partial charge in [-0.3, -0.25) is 10.1 Å². The number of anilines is 2. The fourth-order valence-electron chi connectivity index (χ4n) is 3.43. The Morgan fingerprint density at radius 2 is 2.13 bits per heavy atom. The molecule has 5 rings (SSSR count). The van der Waals surface area contributed by atoms with Crippen LogP contribution in [0.25, 0.3) is 16.4 Å². The summed E-state index contributed by atoms with van der Waals surface area (Å²) in [6, 6.07) is 9.38. The Bertz CT molecular complexity index is 1110. The zero-order chi connectivity index (χ0) is 20.3. The highest BCUT2D eigenvalue weighted by Crippen LogP contribution is 2.27. The summed E-state index contributed by atoms with van der Waals surface area (Å²) in [7, 11) is 0. The van der Waals surface area contributed by atoms with E-state index in [0.717, 1.165) is 30.1 Å². The molecule has 1 aliphatic rings. The summed E-state index contributed by atoms with van der Waals surface area (Å²) < 4.78 is 6.83. The third-order valence-corrected chi connectivity index (χ3v) is 5.83. The van der Waals surface area contributed by atoms with Crippen molar-refractivity contribution >= 4 is 28.9 Å². The Hall–Kier alpha value is -3.60. The number of thiophene rings is 1. The molecule has 0 aliphatic carbocycles. The summed E-state index contributed by atoms with van der Waals surface area (Å²) in [6.45, 7) is 1.39. The average molecular weight is 422 g/mol. The number of amides is 1. The first-order valence-electron chi connectivity index (χ1n) is 9.51. The molecule has 0 saturated carbocycles. The first-order chi connectivity index (χ1) is 14.8. The minimum Gasteiger partial charge on any atom is -0.354 e. The number of nitrogens with zero attached hydrogens (tertiary/aromatic N) is 7. The summed E-state index contributed by atoms with van der Waals surface area (Å²) in [4.78, 5) is 19.7. The van der Waals surface area contributed by atoms with Crippen LogP contribution in [0.4, 0.5) is 11.7 Å². The summed E-state index contributed by atoms with van der Waals surface area (Å²) in [5, 5.41) is 21.4. The fourth-order valence-corrected chi connectivity index (χ4v) is 4.11. The van der Waals surface area contributed by atoms with Crippen molar-refractivity contribution in [2.75, 3.05) is 23.3 Å². The Morgan fingerprint density at radius 1 is 1.23 bits per heavy atom. The number of carbonyl (C=O) groups is 1. The van der Waals surface area contributed by atoms with Crippen molar-refractivity contribution in [2.24, 2.45) is 5.92 Å². The van der Waals surface area contributed by atoms with Gasteiger partial charge in [0.1, 0.15) is 18.3 Å². The smallest absolute Gasteiger partial charge is 0.231 e. The van der Waals surface area contributed by atoms with Crippen molar-refractivity contribution in [3.8, 4) is 16.4 Å². The van der Waals surface area contributed by atoms with Gasteiger partial charge in [-0.15, -0.1) is 21.5 Å². The zero-order valence-electron chi connectivity index (χ0n) is 15.9. The van der Waals surface area contributed by atoms with Crippen LogP contribution < -0.4 is 10.2 Å². The molecular formula is C19H18N8O2S. The van der Waals surface area contributed by atoms with Crippen LogP contribution in [0.2, 0.25) is 0 Å². The second-order valence-corrected chi connectivity index (χ2v) is 7.87. The van der Waals surface area contributed by atoms with Crippen LogP contribution in [0.15, 0.2) is 52.9 Å². The van der Waals surface area contributed by atoms with E-state index in [1.54, 1.807) is 28.4 Å². The molecule has 0 spiro atoms. The van der Waals surface area contributed by atoms with Gasteiger partial charge in [-0.1, -0.05) is 11.2 Å². The van der Waals surface area contributed by atoms with Gasteiger partial charge in [0, 0.05) is 19.2 Å². The lowest BCUT2D eigenvalue weighted by Crippen LogP contribution is -2.41. The van der Waals surface area contributed by atoms with Crippen LogP contribution in [0.5, 0.6) is 0 Å². The minimum atomic E-state index is -0.175. The van der Waals surface area contributed by atoms with Crippen LogP contribution in [-0.4, -0.2) is 49.1 Å². The highest BCUT2D eigenvalue weighted by Gasteiger charge is 2.27. The van der Waals surface area contributed by atoms with Crippen molar-refractivity contribution in [1.82, 2.24) is 30.1 Å². The zero-order valence-corrected chi connectivity index (χ0v) is 16.7. The van der Waals surface area contributed by atoms with Gasteiger partial charge in [0.05, 0.1) is 10.8 Å². The number of piperidine rings is 1. The van der Waals surface area contributed by atoms with E-state index in [1.165, 1.54) is 6.33 Å². The van der Waals surface area contributed by atoms with Gasteiger partial charge in [0.2, 0.25) is 11.8 Å². The topological polar surface area (TPSA) is 115 Å². The molecule has 1 saturated heterocycles. The molecule has 0 aromatic carbocycles. The average Bonchev–Trinajstić information content (AvgIpc) is 3.56. The van der Waals surface area contributed by atoms with E-state index in [2.05, 4.69) is 35.7 Å². The Morgan fingerprint density at radius 3 is 2.90 bits per heavy atom. The lowest BCUT2D eigenvalue weighted by Gasteiger charge is -2.32. The maximum atomic E-state index is 12.8. The Labute approximate surface area is 175 Å². The van der Waals surface area contributed by atoms with Gasteiger partial charge in [0.15, 0.2) is 11.6 Å². The van der Waals surface area contributed by atoms with E-state index < -0.39 is 0 Å². The molecule has 4 aromatic rings. The molecule has 30 heavy (non-hydrogen) atoms. The second kappa shape index (κ2) is 8.03. The summed E-state index contributed by atoms with van der Waals surface area (Å²) in [5.41, 5.74) is 0.716.